The predicted molar refractivity (Wildman–Crippen MR) is 127 cm³/mol. The molecule has 1 aliphatic heterocycles. The second-order valence-corrected chi connectivity index (χ2v) is 10.5. The van der Waals surface area contributed by atoms with Crippen LogP contribution in [-0.4, -0.2) is 49.6 Å². The third kappa shape index (κ3) is 4.74. The summed E-state index contributed by atoms with van der Waals surface area (Å²) in [6.07, 6.45) is 1.80. The number of benzene rings is 2. The highest BCUT2D eigenvalue weighted by atomic mass is 32.2. The summed E-state index contributed by atoms with van der Waals surface area (Å²) in [5.74, 6) is 0.633. The Morgan fingerprint density at radius 1 is 1.16 bits per heavy atom. The van der Waals surface area contributed by atoms with E-state index < -0.39 is 10.0 Å². The minimum absolute atomic E-state index is 0.161. The Morgan fingerprint density at radius 3 is 2.66 bits per heavy atom. The Bertz CT molecular complexity index is 1260. The number of thioether (sulfide) groups is 1. The van der Waals surface area contributed by atoms with Crippen molar-refractivity contribution in [2.75, 3.05) is 31.3 Å². The minimum Gasteiger partial charge on any atom is -0.495 e. The zero-order valence-corrected chi connectivity index (χ0v) is 19.6. The van der Waals surface area contributed by atoms with E-state index in [1.54, 1.807) is 41.7 Å². The molecule has 0 unspecified atom stereocenters. The largest absolute Gasteiger partial charge is 0.495 e. The van der Waals surface area contributed by atoms with E-state index in [0.717, 1.165) is 23.8 Å². The van der Waals surface area contributed by atoms with E-state index in [-0.39, 0.29) is 11.7 Å². The summed E-state index contributed by atoms with van der Waals surface area (Å²) in [6, 6.07) is 14.2. The van der Waals surface area contributed by atoms with E-state index in [1.807, 2.05) is 25.1 Å². The molecule has 0 aliphatic carbocycles. The van der Waals surface area contributed by atoms with Crippen LogP contribution in [0.2, 0.25) is 0 Å². The van der Waals surface area contributed by atoms with Crippen molar-refractivity contribution in [1.29, 1.82) is 0 Å². The Kier molecular flexibility index (Phi) is 6.68. The van der Waals surface area contributed by atoms with Gasteiger partial charge in [0.15, 0.2) is 0 Å². The number of carbonyl (C=O) groups excluding carboxylic acids is 1. The first-order chi connectivity index (χ1) is 15.4. The first kappa shape index (κ1) is 22.6. The standard InChI is InChI=1S/C23H25N3O4S2/c1-16-13-23(31-15-22(27)24-20-7-3-4-8-21(20)30-2)25-19-10-9-17(14-18(16)19)32(28,29)26-11-5-6-12-26/h3-4,7-10,13-14H,5-6,11-12,15H2,1-2H3,(H,24,27). The Labute approximate surface area is 192 Å². The number of anilines is 1. The van der Waals surface area contributed by atoms with Gasteiger partial charge >= 0.3 is 0 Å². The average molecular weight is 472 g/mol. The van der Waals surface area contributed by atoms with Crippen LogP contribution in [0, 0.1) is 6.92 Å². The smallest absolute Gasteiger partial charge is 0.243 e. The maximum absolute atomic E-state index is 12.9. The molecule has 32 heavy (non-hydrogen) atoms. The Balaban J connectivity index is 1.49. The van der Waals surface area contributed by atoms with Crippen LogP contribution in [0.25, 0.3) is 10.9 Å². The van der Waals surface area contributed by atoms with Crippen molar-refractivity contribution in [3.05, 3.63) is 54.1 Å². The van der Waals surface area contributed by atoms with Crippen molar-refractivity contribution >= 4 is 44.3 Å². The van der Waals surface area contributed by atoms with Crippen LogP contribution in [-0.2, 0) is 14.8 Å². The van der Waals surface area contributed by atoms with Gasteiger partial charge in [0.05, 0.1) is 34.0 Å². The summed E-state index contributed by atoms with van der Waals surface area (Å²) in [4.78, 5) is 17.3. The number of carbonyl (C=O) groups is 1. The van der Waals surface area contributed by atoms with Crippen molar-refractivity contribution in [3.63, 3.8) is 0 Å². The zero-order valence-electron chi connectivity index (χ0n) is 18.0. The molecule has 1 amide bonds. The highest BCUT2D eigenvalue weighted by molar-refractivity contribution is 7.99. The number of rotatable bonds is 7. The SMILES string of the molecule is COc1ccccc1NC(=O)CSc1cc(C)c2cc(S(=O)(=O)N3CCCC3)ccc2n1. The number of methoxy groups -OCH3 is 1. The zero-order chi connectivity index (χ0) is 22.7. The first-order valence-corrected chi connectivity index (χ1v) is 12.8. The van der Waals surface area contributed by atoms with E-state index in [9.17, 15) is 13.2 Å². The van der Waals surface area contributed by atoms with E-state index in [1.165, 1.54) is 11.8 Å². The summed E-state index contributed by atoms with van der Waals surface area (Å²) in [5.41, 5.74) is 2.24. The van der Waals surface area contributed by atoms with Gasteiger partial charge in [0, 0.05) is 18.5 Å². The Hall–Kier alpha value is -2.62. The molecule has 0 spiro atoms. The van der Waals surface area contributed by atoms with Gasteiger partial charge in [-0.25, -0.2) is 13.4 Å². The molecule has 1 aromatic heterocycles. The van der Waals surface area contributed by atoms with Crippen LogP contribution in [0.5, 0.6) is 5.75 Å². The molecule has 1 N–H and O–H groups in total. The monoisotopic (exact) mass is 471 g/mol. The molecular weight excluding hydrogens is 446 g/mol. The molecule has 0 radical (unpaired) electrons. The highest BCUT2D eigenvalue weighted by Crippen LogP contribution is 2.29. The molecule has 1 fully saturated rings. The van der Waals surface area contributed by atoms with Gasteiger partial charge in [-0.2, -0.15) is 4.31 Å². The predicted octanol–water partition coefficient (Wildman–Crippen LogP) is 4.07. The third-order valence-corrected chi connectivity index (χ3v) is 8.20. The van der Waals surface area contributed by atoms with Gasteiger partial charge in [-0.15, -0.1) is 0 Å². The average Bonchev–Trinajstić information content (AvgIpc) is 3.34. The van der Waals surface area contributed by atoms with Crippen molar-refractivity contribution in [1.82, 2.24) is 9.29 Å². The number of hydrogen-bond acceptors (Lipinski definition) is 6. The third-order valence-electron chi connectivity index (χ3n) is 5.40. The van der Waals surface area contributed by atoms with E-state index in [2.05, 4.69) is 10.3 Å². The number of aryl methyl sites for hydroxylation is 1. The molecular formula is C23H25N3O4S2. The van der Waals surface area contributed by atoms with Gasteiger partial charge in [-0.05, 0) is 61.7 Å². The number of nitrogens with one attached hydrogen (secondary N) is 1. The summed E-state index contributed by atoms with van der Waals surface area (Å²) < 4.78 is 32.6. The van der Waals surface area contributed by atoms with Crippen LogP contribution < -0.4 is 10.1 Å². The van der Waals surface area contributed by atoms with E-state index in [4.69, 9.17) is 4.74 Å². The van der Waals surface area contributed by atoms with Crippen LogP contribution in [0.3, 0.4) is 0 Å². The molecule has 1 saturated heterocycles. The quantitative estimate of drug-likeness (QED) is 0.523. The van der Waals surface area contributed by atoms with Crippen LogP contribution >= 0.6 is 11.8 Å². The molecule has 9 heteroatoms. The maximum atomic E-state index is 12.9. The molecule has 4 rings (SSSR count). The summed E-state index contributed by atoms with van der Waals surface area (Å²) in [6.45, 7) is 3.07. The number of amides is 1. The number of aromatic nitrogens is 1. The van der Waals surface area contributed by atoms with Crippen LogP contribution in [0.15, 0.2) is 58.5 Å². The van der Waals surface area contributed by atoms with Crippen molar-refractivity contribution in [3.8, 4) is 5.75 Å². The molecule has 0 atom stereocenters. The molecule has 2 aromatic carbocycles. The molecule has 2 heterocycles. The van der Waals surface area contributed by atoms with Gasteiger partial charge < -0.3 is 10.1 Å². The Morgan fingerprint density at radius 2 is 1.91 bits per heavy atom. The number of pyridine rings is 1. The number of nitrogens with zero attached hydrogens (tertiary/aromatic N) is 2. The summed E-state index contributed by atoms with van der Waals surface area (Å²) in [7, 11) is -1.92. The van der Waals surface area contributed by atoms with Gasteiger partial charge in [0.2, 0.25) is 15.9 Å². The van der Waals surface area contributed by atoms with Gasteiger partial charge in [0.1, 0.15) is 5.75 Å². The van der Waals surface area contributed by atoms with Gasteiger partial charge in [0.25, 0.3) is 0 Å². The first-order valence-electron chi connectivity index (χ1n) is 10.4. The molecule has 0 saturated carbocycles. The number of ether oxygens (including phenoxy) is 1. The molecule has 7 nitrogen and oxygen atoms in total. The number of sulfonamides is 1. The van der Waals surface area contributed by atoms with Gasteiger partial charge in [-0.1, -0.05) is 23.9 Å². The van der Waals surface area contributed by atoms with Crippen LogP contribution in [0.1, 0.15) is 18.4 Å². The fourth-order valence-corrected chi connectivity index (χ4v) is 6.05. The summed E-state index contributed by atoms with van der Waals surface area (Å²) >= 11 is 1.33. The lowest BCUT2D eigenvalue weighted by molar-refractivity contribution is -0.113. The topological polar surface area (TPSA) is 88.6 Å². The lowest BCUT2D eigenvalue weighted by Gasteiger charge is -2.16. The van der Waals surface area contributed by atoms with Gasteiger partial charge in [-0.3, -0.25) is 4.79 Å². The molecule has 1 aliphatic rings. The van der Waals surface area contributed by atoms with Crippen molar-refractivity contribution in [2.24, 2.45) is 0 Å². The lowest BCUT2D eigenvalue weighted by Crippen LogP contribution is -2.27. The summed E-state index contributed by atoms with van der Waals surface area (Å²) in [5, 5.41) is 4.36. The number of hydrogen-bond donors (Lipinski definition) is 1. The van der Waals surface area contributed by atoms with Crippen molar-refractivity contribution < 1.29 is 17.9 Å². The molecule has 0 bridgehead atoms. The second-order valence-electron chi connectivity index (χ2n) is 7.60. The van der Waals surface area contributed by atoms with E-state index >= 15 is 0 Å². The van der Waals surface area contributed by atoms with Crippen molar-refractivity contribution in [2.45, 2.75) is 29.7 Å². The fourth-order valence-electron chi connectivity index (χ4n) is 3.73. The molecule has 168 valence electrons. The number of fused-ring (bicyclic) bond motifs is 1. The fraction of sp³-hybridized carbons (Fsp3) is 0.304. The second kappa shape index (κ2) is 9.48. The molecule has 3 aromatic rings. The van der Waals surface area contributed by atoms with E-state index in [0.29, 0.717) is 40.0 Å². The maximum Gasteiger partial charge on any atom is 0.243 e. The highest BCUT2D eigenvalue weighted by Gasteiger charge is 2.27. The minimum atomic E-state index is -3.48. The number of para-hydroxylation sites is 2. The van der Waals surface area contributed by atoms with Crippen LogP contribution in [0.4, 0.5) is 5.69 Å². The normalized spacial score (nSPS) is 14.6. The lowest BCUT2D eigenvalue weighted by atomic mass is 10.1.